The van der Waals surface area contributed by atoms with E-state index in [0.717, 1.165) is 57.4 Å². The lowest BCUT2D eigenvalue weighted by Gasteiger charge is -2.30. The number of hydrogen-bond acceptors (Lipinski definition) is 7. The first-order valence-electron chi connectivity index (χ1n) is 10.2. The smallest absolute Gasteiger partial charge is 0.250 e. The van der Waals surface area contributed by atoms with Crippen LogP contribution < -0.4 is 15.2 Å². The number of halogens is 2. The highest BCUT2D eigenvalue weighted by Crippen LogP contribution is 2.22. The average molecular weight is 462 g/mol. The van der Waals surface area contributed by atoms with Gasteiger partial charge in [0.05, 0.1) is 10.7 Å². The molecule has 2 aromatic rings. The SMILES string of the molecule is Fc1ccc(/C=N\Nc2nc(N3CCCCC3)nc(N3CCCCC3)n2)cc1Br. The number of nitrogens with one attached hydrogen (secondary N) is 1. The van der Waals surface area contributed by atoms with Crippen LogP contribution >= 0.6 is 15.9 Å². The maximum absolute atomic E-state index is 13.4. The minimum atomic E-state index is -0.301. The van der Waals surface area contributed by atoms with Gasteiger partial charge in [0.25, 0.3) is 0 Å². The van der Waals surface area contributed by atoms with Crippen molar-refractivity contribution in [3.05, 3.63) is 34.1 Å². The Balaban J connectivity index is 1.55. The zero-order valence-electron chi connectivity index (χ0n) is 16.3. The fraction of sp³-hybridized carbons (Fsp3) is 0.500. The molecule has 1 aromatic carbocycles. The lowest BCUT2D eigenvalue weighted by Crippen LogP contribution is -2.34. The molecule has 2 fully saturated rings. The van der Waals surface area contributed by atoms with Crippen molar-refractivity contribution in [1.29, 1.82) is 0 Å². The van der Waals surface area contributed by atoms with Crippen molar-refractivity contribution in [2.45, 2.75) is 38.5 Å². The molecule has 0 radical (unpaired) electrons. The predicted molar refractivity (Wildman–Crippen MR) is 117 cm³/mol. The van der Waals surface area contributed by atoms with Gasteiger partial charge in [0, 0.05) is 26.2 Å². The molecular formula is C20H25BrFN7. The second kappa shape index (κ2) is 9.47. The van der Waals surface area contributed by atoms with Crippen molar-refractivity contribution in [2.75, 3.05) is 41.4 Å². The van der Waals surface area contributed by atoms with Gasteiger partial charge in [-0.1, -0.05) is 6.07 Å². The molecule has 154 valence electrons. The largest absolute Gasteiger partial charge is 0.341 e. The quantitative estimate of drug-likeness (QED) is 0.531. The van der Waals surface area contributed by atoms with Crippen molar-refractivity contribution >= 4 is 40.0 Å². The first kappa shape index (κ1) is 20.0. The van der Waals surface area contributed by atoms with Crippen molar-refractivity contribution in [3.8, 4) is 0 Å². The first-order chi connectivity index (χ1) is 14.2. The number of nitrogens with zero attached hydrogens (tertiary/aromatic N) is 6. The number of hydrogen-bond donors (Lipinski definition) is 1. The van der Waals surface area contributed by atoms with Crippen LogP contribution in [0.15, 0.2) is 27.8 Å². The van der Waals surface area contributed by atoms with Crippen LogP contribution in [-0.2, 0) is 0 Å². The molecule has 0 amide bonds. The van der Waals surface area contributed by atoms with Crippen LogP contribution in [0.5, 0.6) is 0 Å². The van der Waals surface area contributed by atoms with Gasteiger partial charge >= 0.3 is 0 Å². The Bertz CT molecular complexity index is 828. The molecule has 3 heterocycles. The molecular weight excluding hydrogens is 437 g/mol. The Hall–Kier alpha value is -2.29. The van der Waals surface area contributed by atoms with Crippen LogP contribution in [0.3, 0.4) is 0 Å². The van der Waals surface area contributed by atoms with Gasteiger partial charge in [-0.15, -0.1) is 0 Å². The number of piperidine rings is 2. The molecule has 2 aliphatic rings. The Morgan fingerprint density at radius 3 is 2.03 bits per heavy atom. The minimum Gasteiger partial charge on any atom is -0.341 e. The van der Waals surface area contributed by atoms with E-state index in [1.165, 1.54) is 18.9 Å². The summed E-state index contributed by atoms with van der Waals surface area (Å²) in [4.78, 5) is 18.4. The summed E-state index contributed by atoms with van der Waals surface area (Å²) < 4.78 is 13.8. The van der Waals surface area contributed by atoms with Gasteiger partial charge in [0.15, 0.2) is 0 Å². The van der Waals surface area contributed by atoms with Crippen LogP contribution in [0, 0.1) is 5.82 Å². The number of hydrazone groups is 1. The van der Waals surface area contributed by atoms with Crippen molar-refractivity contribution in [2.24, 2.45) is 5.10 Å². The predicted octanol–water partition coefficient (Wildman–Crippen LogP) is 4.20. The van der Waals surface area contributed by atoms with E-state index in [1.54, 1.807) is 18.3 Å². The topological polar surface area (TPSA) is 69.5 Å². The molecule has 0 aliphatic carbocycles. The molecule has 29 heavy (non-hydrogen) atoms. The Labute approximate surface area is 178 Å². The molecule has 7 nitrogen and oxygen atoms in total. The van der Waals surface area contributed by atoms with Crippen molar-refractivity contribution in [1.82, 2.24) is 15.0 Å². The Morgan fingerprint density at radius 1 is 0.897 bits per heavy atom. The standard InChI is InChI=1S/C20H25BrFN7/c21-16-13-15(7-8-17(16)22)14-23-27-18-24-19(28-9-3-1-4-10-28)26-20(25-18)29-11-5-2-6-12-29/h7-8,13-14H,1-6,9-12H2,(H,24,25,26,27)/b23-14-. The third-order valence-electron chi connectivity index (χ3n) is 5.21. The molecule has 0 bridgehead atoms. The van der Waals surface area contributed by atoms with E-state index < -0.39 is 0 Å². The minimum absolute atomic E-state index is 0.301. The van der Waals surface area contributed by atoms with Gasteiger partial charge in [-0.3, -0.25) is 0 Å². The van der Waals surface area contributed by atoms with E-state index in [1.807, 2.05) is 0 Å². The molecule has 0 saturated carbocycles. The molecule has 4 rings (SSSR count). The van der Waals surface area contributed by atoms with E-state index in [9.17, 15) is 4.39 Å². The summed E-state index contributed by atoms with van der Waals surface area (Å²) in [6.07, 6.45) is 8.76. The Kier molecular flexibility index (Phi) is 6.53. The zero-order chi connectivity index (χ0) is 20.1. The zero-order valence-corrected chi connectivity index (χ0v) is 17.9. The summed E-state index contributed by atoms with van der Waals surface area (Å²) in [6.45, 7) is 3.87. The fourth-order valence-electron chi connectivity index (χ4n) is 3.63. The average Bonchev–Trinajstić information content (AvgIpc) is 2.77. The lowest BCUT2D eigenvalue weighted by molar-refractivity contribution is 0.556. The molecule has 0 atom stereocenters. The van der Waals surface area contributed by atoms with Crippen LogP contribution in [0.1, 0.15) is 44.1 Å². The second-order valence-electron chi connectivity index (χ2n) is 7.40. The highest BCUT2D eigenvalue weighted by Gasteiger charge is 2.20. The van der Waals surface area contributed by atoms with E-state index in [0.29, 0.717) is 22.3 Å². The molecule has 2 aliphatic heterocycles. The van der Waals surface area contributed by atoms with Gasteiger partial charge in [-0.2, -0.15) is 20.1 Å². The summed E-state index contributed by atoms with van der Waals surface area (Å²) in [7, 11) is 0. The molecule has 2 saturated heterocycles. The first-order valence-corrected chi connectivity index (χ1v) is 11.0. The highest BCUT2D eigenvalue weighted by atomic mass is 79.9. The fourth-order valence-corrected chi connectivity index (χ4v) is 4.03. The number of aromatic nitrogens is 3. The summed E-state index contributed by atoms with van der Waals surface area (Å²) in [5.74, 6) is 1.55. The third kappa shape index (κ3) is 5.20. The summed E-state index contributed by atoms with van der Waals surface area (Å²) in [6, 6.07) is 4.74. The molecule has 1 N–H and O–H groups in total. The van der Waals surface area contributed by atoms with Crippen LogP contribution in [0.4, 0.5) is 22.2 Å². The summed E-state index contributed by atoms with van der Waals surface area (Å²) in [5, 5.41) is 4.25. The van der Waals surface area contributed by atoms with Gasteiger partial charge in [0.1, 0.15) is 5.82 Å². The molecule has 1 aromatic heterocycles. The van der Waals surface area contributed by atoms with Crippen LogP contribution in [0.25, 0.3) is 0 Å². The van der Waals surface area contributed by atoms with Crippen LogP contribution in [0.2, 0.25) is 0 Å². The van der Waals surface area contributed by atoms with Gasteiger partial charge in [-0.25, -0.2) is 9.82 Å². The third-order valence-corrected chi connectivity index (χ3v) is 5.82. The molecule has 0 unspecified atom stereocenters. The summed E-state index contributed by atoms with van der Waals surface area (Å²) >= 11 is 3.19. The lowest BCUT2D eigenvalue weighted by atomic mass is 10.1. The van der Waals surface area contributed by atoms with Gasteiger partial charge < -0.3 is 9.80 Å². The number of anilines is 3. The maximum atomic E-state index is 13.4. The highest BCUT2D eigenvalue weighted by molar-refractivity contribution is 9.10. The van der Waals surface area contributed by atoms with E-state index >= 15 is 0 Å². The summed E-state index contributed by atoms with van der Waals surface area (Å²) in [5.41, 5.74) is 3.70. The number of benzene rings is 1. The second-order valence-corrected chi connectivity index (χ2v) is 8.25. The normalized spacial score (nSPS) is 17.7. The van der Waals surface area contributed by atoms with E-state index in [-0.39, 0.29) is 5.82 Å². The van der Waals surface area contributed by atoms with E-state index in [2.05, 4.69) is 46.2 Å². The van der Waals surface area contributed by atoms with Crippen molar-refractivity contribution < 1.29 is 4.39 Å². The molecule has 0 spiro atoms. The van der Waals surface area contributed by atoms with E-state index in [4.69, 9.17) is 4.98 Å². The molecule has 9 heteroatoms. The van der Waals surface area contributed by atoms with Gasteiger partial charge in [0.2, 0.25) is 17.8 Å². The van der Waals surface area contributed by atoms with Gasteiger partial charge in [-0.05, 0) is 72.2 Å². The number of rotatable bonds is 5. The monoisotopic (exact) mass is 461 g/mol. The Morgan fingerprint density at radius 2 is 1.48 bits per heavy atom. The van der Waals surface area contributed by atoms with Crippen LogP contribution in [-0.4, -0.2) is 47.3 Å². The van der Waals surface area contributed by atoms with Crippen molar-refractivity contribution in [3.63, 3.8) is 0 Å². The maximum Gasteiger partial charge on any atom is 0.250 e.